The Labute approximate surface area is 147 Å². The molecule has 1 aliphatic rings. The van der Waals surface area contributed by atoms with Crippen molar-refractivity contribution in [1.82, 2.24) is 0 Å². The van der Waals surface area contributed by atoms with Crippen LogP contribution in [-0.4, -0.2) is 45.7 Å². The van der Waals surface area contributed by atoms with Crippen molar-refractivity contribution in [1.29, 1.82) is 0 Å². The molecular formula is C19H23NO5. The van der Waals surface area contributed by atoms with Gasteiger partial charge in [0, 0.05) is 12.1 Å². The summed E-state index contributed by atoms with van der Waals surface area (Å²) in [6.07, 6.45) is 6.16. The number of methoxy groups -OCH3 is 2. The van der Waals surface area contributed by atoms with Crippen LogP contribution in [0.1, 0.15) is 12.0 Å². The van der Waals surface area contributed by atoms with Crippen LogP contribution in [0.25, 0.3) is 0 Å². The molecule has 0 aromatic heterocycles. The number of hydrogen-bond donors (Lipinski definition) is 0. The Hall–Kier alpha value is -2.60. The second-order valence-corrected chi connectivity index (χ2v) is 5.31. The molecule has 0 fully saturated rings. The number of nitrogens with zero attached hydrogens (tertiary/aromatic N) is 1. The maximum atomic E-state index is 11.1. The number of esters is 1. The number of rotatable bonds is 9. The summed E-state index contributed by atoms with van der Waals surface area (Å²) in [7, 11) is 2.98. The van der Waals surface area contributed by atoms with Gasteiger partial charge in [-0.3, -0.25) is 4.99 Å². The van der Waals surface area contributed by atoms with E-state index in [9.17, 15) is 4.79 Å². The van der Waals surface area contributed by atoms with E-state index in [4.69, 9.17) is 14.2 Å². The van der Waals surface area contributed by atoms with Crippen LogP contribution < -0.4 is 4.74 Å². The van der Waals surface area contributed by atoms with Gasteiger partial charge in [-0.25, -0.2) is 4.79 Å². The lowest BCUT2D eigenvalue weighted by atomic mass is 10.1. The maximum absolute atomic E-state index is 11.1. The quantitative estimate of drug-likeness (QED) is 0.508. The Morgan fingerprint density at radius 3 is 2.72 bits per heavy atom. The standard InChI is InChI=1S/C19H23NO5/c1-22-17-8-6-15(7-9-17)13-24-11-10-20-16-4-3-5-18(12-16)25-14-19(21)23-2/h3-9H,10-14H2,1-2H3. The summed E-state index contributed by atoms with van der Waals surface area (Å²) in [6.45, 7) is 1.55. The first-order chi connectivity index (χ1) is 12.2. The fourth-order valence-electron chi connectivity index (χ4n) is 2.15. The van der Waals surface area contributed by atoms with E-state index >= 15 is 0 Å². The van der Waals surface area contributed by atoms with E-state index in [1.165, 1.54) is 7.11 Å². The molecule has 1 aromatic rings. The van der Waals surface area contributed by atoms with E-state index in [2.05, 4.69) is 9.73 Å². The van der Waals surface area contributed by atoms with E-state index in [1.54, 1.807) is 7.11 Å². The Morgan fingerprint density at radius 1 is 1.20 bits per heavy atom. The molecule has 1 aromatic carbocycles. The van der Waals surface area contributed by atoms with Crippen molar-refractivity contribution in [2.45, 2.75) is 13.0 Å². The molecule has 6 heteroatoms. The molecule has 0 aliphatic heterocycles. The summed E-state index contributed by atoms with van der Waals surface area (Å²) >= 11 is 0. The molecule has 0 unspecified atom stereocenters. The predicted molar refractivity (Wildman–Crippen MR) is 94.8 cm³/mol. The van der Waals surface area contributed by atoms with Crippen LogP contribution in [-0.2, 0) is 25.6 Å². The van der Waals surface area contributed by atoms with E-state index in [0.717, 1.165) is 17.0 Å². The third-order valence-corrected chi connectivity index (χ3v) is 3.51. The lowest BCUT2D eigenvalue weighted by Gasteiger charge is -2.12. The van der Waals surface area contributed by atoms with Gasteiger partial charge >= 0.3 is 5.97 Å². The molecule has 0 radical (unpaired) electrons. The first-order valence-electron chi connectivity index (χ1n) is 8.02. The van der Waals surface area contributed by atoms with Crippen molar-refractivity contribution in [3.8, 4) is 5.75 Å². The van der Waals surface area contributed by atoms with Gasteiger partial charge in [0.25, 0.3) is 0 Å². The third-order valence-electron chi connectivity index (χ3n) is 3.51. The maximum Gasteiger partial charge on any atom is 0.343 e. The van der Waals surface area contributed by atoms with E-state index in [1.807, 2.05) is 42.5 Å². The topological polar surface area (TPSA) is 66.4 Å². The molecule has 0 heterocycles. The van der Waals surface area contributed by atoms with Gasteiger partial charge in [-0.2, -0.15) is 0 Å². The van der Waals surface area contributed by atoms with Gasteiger partial charge in [0.05, 0.1) is 34.0 Å². The molecule has 0 N–H and O–H groups in total. The van der Waals surface area contributed by atoms with Crippen molar-refractivity contribution in [2.24, 2.45) is 4.99 Å². The van der Waals surface area contributed by atoms with Gasteiger partial charge in [0.15, 0.2) is 6.61 Å². The molecule has 6 nitrogen and oxygen atoms in total. The summed E-state index contributed by atoms with van der Waals surface area (Å²) in [5.74, 6) is 1.13. The second-order valence-electron chi connectivity index (χ2n) is 5.31. The van der Waals surface area contributed by atoms with Crippen LogP contribution in [0.2, 0.25) is 0 Å². The molecule has 134 valence electrons. The van der Waals surface area contributed by atoms with Crippen LogP contribution in [0.15, 0.2) is 53.2 Å². The highest BCUT2D eigenvalue weighted by Gasteiger charge is 2.09. The number of carbonyl (C=O) groups is 1. The third kappa shape index (κ3) is 6.81. The van der Waals surface area contributed by atoms with Gasteiger partial charge in [-0.15, -0.1) is 0 Å². The zero-order valence-electron chi connectivity index (χ0n) is 14.6. The Kier molecular flexibility index (Phi) is 7.72. The normalized spacial score (nSPS) is 15.0. The molecule has 25 heavy (non-hydrogen) atoms. The van der Waals surface area contributed by atoms with Crippen molar-refractivity contribution in [2.75, 3.05) is 34.0 Å². The van der Waals surface area contributed by atoms with Crippen molar-refractivity contribution in [3.63, 3.8) is 0 Å². The van der Waals surface area contributed by atoms with Crippen molar-refractivity contribution in [3.05, 3.63) is 53.8 Å². The van der Waals surface area contributed by atoms with Crippen molar-refractivity contribution >= 4 is 11.7 Å². The molecule has 0 amide bonds. The van der Waals surface area contributed by atoms with Crippen LogP contribution in [0.3, 0.4) is 0 Å². The molecular weight excluding hydrogens is 322 g/mol. The average Bonchev–Trinajstić information content (AvgIpc) is 2.66. The smallest absolute Gasteiger partial charge is 0.343 e. The summed E-state index contributed by atoms with van der Waals surface area (Å²) in [4.78, 5) is 15.6. The highest BCUT2D eigenvalue weighted by Crippen LogP contribution is 2.13. The first kappa shape index (κ1) is 18.7. The van der Waals surface area contributed by atoms with Gasteiger partial charge in [0.1, 0.15) is 11.5 Å². The van der Waals surface area contributed by atoms with Crippen LogP contribution in [0.4, 0.5) is 0 Å². The van der Waals surface area contributed by atoms with Gasteiger partial charge in [-0.05, 0) is 29.8 Å². The number of ether oxygens (including phenoxy) is 4. The minimum absolute atomic E-state index is 0.0889. The molecule has 0 saturated heterocycles. The molecule has 0 bridgehead atoms. The highest BCUT2D eigenvalue weighted by atomic mass is 16.6. The second kappa shape index (κ2) is 10.3. The number of carbonyl (C=O) groups excluding carboxylic acids is 1. The zero-order valence-corrected chi connectivity index (χ0v) is 14.6. The first-order valence-corrected chi connectivity index (χ1v) is 8.02. The predicted octanol–water partition coefficient (Wildman–Crippen LogP) is 2.69. The SMILES string of the molecule is COC(=O)COC1=CC=CC(=NCCOCc2ccc(OC)cc2)C1. The molecule has 2 rings (SSSR count). The number of hydrogen-bond acceptors (Lipinski definition) is 6. The summed E-state index contributed by atoms with van der Waals surface area (Å²) in [5, 5.41) is 0. The largest absolute Gasteiger partial charge is 0.497 e. The van der Waals surface area contributed by atoms with Gasteiger partial charge in [0.2, 0.25) is 0 Å². The van der Waals surface area contributed by atoms with E-state index < -0.39 is 5.97 Å². The van der Waals surface area contributed by atoms with Crippen molar-refractivity contribution < 1.29 is 23.7 Å². The fourth-order valence-corrected chi connectivity index (χ4v) is 2.15. The summed E-state index contributed by atoms with van der Waals surface area (Å²) in [6, 6.07) is 7.77. The fraction of sp³-hybridized carbons (Fsp3) is 0.368. The lowest BCUT2D eigenvalue weighted by Crippen LogP contribution is -2.13. The minimum atomic E-state index is -0.402. The van der Waals surface area contributed by atoms with Crippen LogP contribution >= 0.6 is 0 Å². The zero-order chi connectivity index (χ0) is 17.9. The van der Waals surface area contributed by atoms with E-state index in [-0.39, 0.29) is 6.61 Å². The Bertz CT molecular complexity index is 646. The Balaban J connectivity index is 1.67. The number of allylic oxidation sites excluding steroid dienone is 4. The lowest BCUT2D eigenvalue weighted by molar-refractivity contribution is -0.144. The highest BCUT2D eigenvalue weighted by molar-refractivity contribution is 5.97. The average molecular weight is 345 g/mol. The monoisotopic (exact) mass is 345 g/mol. The molecule has 0 saturated carbocycles. The minimum Gasteiger partial charge on any atom is -0.497 e. The molecule has 1 aliphatic carbocycles. The van der Waals surface area contributed by atoms with E-state index in [0.29, 0.717) is 31.9 Å². The van der Waals surface area contributed by atoms with Crippen LogP contribution in [0.5, 0.6) is 5.75 Å². The van der Waals surface area contributed by atoms with Gasteiger partial charge < -0.3 is 18.9 Å². The summed E-state index contributed by atoms with van der Waals surface area (Å²) < 4.78 is 20.7. The van der Waals surface area contributed by atoms with Gasteiger partial charge in [-0.1, -0.05) is 18.2 Å². The van der Waals surface area contributed by atoms with Crippen LogP contribution in [0, 0.1) is 0 Å². The molecule has 0 atom stereocenters. The number of benzene rings is 1. The number of aliphatic imine (C=N–C) groups is 1. The molecule has 0 spiro atoms. The summed E-state index contributed by atoms with van der Waals surface area (Å²) in [5.41, 5.74) is 1.99. The Morgan fingerprint density at radius 2 is 2.00 bits per heavy atom.